The van der Waals surface area contributed by atoms with Crippen molar-refractivity contribution in [3.63, 3.8) is 0 Å². The SMILES string of the molecule is CC(C)C[C@@H](NCc1ccc(N2CCCC2)nc1)C(=O)O. The highest BCUT2D eigenvalue weighted by molar-refractivity contribution is 5.73. The van der Waals surface area contributed by atoms with E-state index in [4.69, 9.17) is 0 Å². The summed E-state index contributed by atoms with van der Waals surface area (Å²) in [5, 5.41) is 12.3. The van der Waals surface area contributed by atoms with Crippen molar-refractivity contribution in [2.24, 2.45) is 5.92 Å². The first-order valence-corrected chi connectivity index (χ1v) is 7.72. The summed E-state index contributed by atoms with van der Waals surface area (Å²) in [5.41, 5.74) is 1.02. The molecule has 116 valence electrons. The van der Waals surface area contributed by atoms with Crippen LogP contribution in [0.3, 0.4) is 0 Å². The van der Waals surface area contributed by atoms with Crippen molar-refractivity contribution in [1.82, 2.24) is 10.3 Å². The predicted octanol–water partition coefficient (Wildman–Crippen LogP) is 2.27. The van der Waals surface area contributed by atoms with E-state index in [1.807, 2.05) is 32.2 Å². The minimum absolute atomic E-state index is 0.356. The zero-order valence-electron chi connectivity index (χ0n) is 12.9. The fourth-order valence-corrected chi connectivity index (χ4v) is 2.64. The van der Waals surface area contributed by atoms with Crippen molar-refractivity contribution in [3.05, 3.63) is 23.9 Å². The van der Waals surface area contributed by atoms with Crippen molar-refractivity contribution >= 4 is 11.8 Å². The minimum atomic E-state index is -0.787. The molecular weight excluding hydrogens is 266 g/mol. The number of carboxylic acids is 1. The second-order valence-electron chi connectivity index (χ2n) is 6.12. The normalized spacial score (nSPS) is 16.4. The van der Waals surface area contributed by atoms with E-state index in [0.29, 0.717) is 18.9 Å². The topological polar surface area (TPSA) is 65.5 Å². The molecule has 1 aromatic heterocycles. The molecule has 0 radical (unpaired) electrons. The van der Waals surface area contributed by atoms with Gasteiger partial charge in [0, 0.05) is 25.8 Å². The van der Waals surface area contributed by atoms with Crippen LogP contribution < -0.4 is 10.2 Å². The fourth-order valence-electron chi connectivity index (χ4n) is 2.64. The lowest BCUT2D eigenvalue weighted by atomic mass is 10.0. The van der Waals surface area contributed by atoms with E-state index >= 15 is 0 Å². The number of carboxylic acid groups (broad SMARTS) is 1. The molecule has 2 N–H and O–H groups in total. The molecule has 5 nitrogen and oxygen atoms in total. The van der Waals surface area contributed by atoms with E-state index in [1.165, 1.54) is 12.8 Å². The Bertz CT molecular complexity index is 453. The molecule has 0 amide bonds. The highest BCUT2D eigenvalue weighted by atomic mass is 16.4. The molecule has 1 aromatic rings. The van der Waals surface area contributed by atoms with Crippen LogP contribution in [0.5, 0.6) is 0 Å². The molecule has 0 saturated carbocycles. The maximum atomic E-state index is 11.2. The molecule has 1 saturated heterocycles. The van der Waals surface area contributed by atoms with Crippen LogP contribution in [0.4, 0.5) is 5.82 Å². The number of anilines is 1. The quantitative estimate of drug-likeness (QED) is 0.807. The van der Waals surface area contributed by atoms with Gasteiger partial charge >= 0.3 is 5.97 Å². The smallest absolute Gasteiger partial charge is 0.320 e. The zero-order chi connectivity index (χ0) is 15.2. The Hall–Kier alpha value is -1.62. The summed E-state index contributed by atoms with van der Waals surface area (Å²) < 4.78 is 0. The van der Waals surface area contributed by atoms with Gasteiger partial charge in [0.2, 0.25) is 0 Å². The largest absolute Gasteiger partial charge is 0.480 e. The third kappa shape index (κ3) is 4.70. The first kappa shape index (κ1) is 15.8. The van der Waals surface area contributed by atoms with E-state index in [-0.39, 0.29) is 0 Å². The lowest BCUT2D eigenvalue weighted by molar-refractivity contribution is -0.140. The number of carbonyl (C=O) groups is 1. The van der Waals surface area contributed by atoms with E-state index in [0.717, 1.165) is 24.5 Å². The second-order valence-corrected chi connectivity index (χ2v) is 6.12. The molecule has 1 aliphatic rings. The van der Waals surface area contributed by atoms with Gasteiger partial charge in [0.25, 0.3) is 0 Å². The Morgan fingerprint density at radius 2 is 2.10 bits per heavy atom. The number of hydrogen-bond acceptors (Lipinski definition) is 4. The van der Waals surface area contributed by atoms with Gasteiger partial charge in [0.1, 0.15) is 11.9 Å². The predicted molar refractivity (Wildman–Crippen MR) is 83.4 cm³/mol. The van der Waals surface area contributed by atoms with Gasteiger partial charge in [-0.1, -0.05) is 19.9 Å². The van der Waals surface area contributed by atoms with E-state index in [1.54, 1.807) is 0 Å². The monoisotopic (exact) mass is 291 g/mol. The molecular formula is C16H25N3O2. The van der Waals surface area contributed by atoms with Gasteiger partial charge in [-0.2, -0.15) is 0 Å². The van der Waals surface area contributed by atoms with Crippen molar-refractivity contribution in [2.75, 3.05) is 18.0 Å². The van der Waals surface area contributed by atoms with Crippen LogP contribution >= 0.6 is 0 Å². The zero-order valence-corrected chi connectivity index (χ0v) is 12.9. The molecule has 0 unspecified atom stereocenters. The molecule has 21 heavy (non-hydrogen) atoms. The van der Waals surface area contributed by atoms with Crippen LogP contribution in [0.1, 0.15) is 38.7 Å². The number of rotatable bonds is 7. The Balaban J connectivity index is 1.88. The molecule has 5 heteroatoms. The Morgan fingerprint density at radius 1 is 1.38 bits per heavy atom. The Kier molecular flexibility index (Phi) is 5.56. The standard InChI is InChI=1S/C16H25N3O2/c1-12(2)9-14(16(20)21)17-10-13-5-6-15(18-11-13)19-7-3-4-8-19/h5-6,11-12,14,17H,3-4,7-10H2,1-2H3,(H,20,21)/t14-/m1/s1. The molecule has 1 fully saturated rings. The van der Waals surface area contributed by atoms with Gasteiger partial charge in [0.05, 0.1) is 0 Å². The van der Waals surface area contributed by atoms with E-state index in [2.05, 4.69) is 15.2 Å². The molecule has 0 aliphatic carbocycles. The van der Waals surface area contributed by atoms with Crippen molar-refractivity contribution < 1.29 is 9.90 Å². The van der Waals surface area contributed by atoms with Crippen LogP contribution in [0, 0.1) is 5.92 Å². The van der Waals surface area contributed by atoms with Crippen LogP contribution in [0.25, 0.3) is 0 Å². The summed E-state index contributed by atoms with van der Waals surface area (Å²) in [5.74, 6) is 0.591. The van der Waals surface area contributed by atoms with Gasteiger partial charge < -0.3 is 15.3 Å². The maximum Gasteiger partial charge on any atom is 0.320 e. The van der Waals surface area contributed by atoms with Crippen molar-refractivity contribution in [3.8, 4) is 0 Å². The number of pyridine rings is 1. The van der Waals surface area contributed by atoms with Crippen LogP contribution in [-0.2, 0) is 11.3 Å². The van der Waals surface area contributed by atoms with Crippen LogP contribution in [-0.4, -0.2) is 35.2 Å². The fraction of sp³-hybridized carbons (Fsp3) is 0.625. The summed E-state index contributed by atoms with van der Waals surface area (Å²) in [6.07, 6.45) is 4.95. The third-order valence-corrected chi connectivity index (χ3v) is 3.80. The molecule has 2 heterocycles. The molecule has 2 rings (SSSR count). The lowest BCUT2D eigenvalue weighted by Crippen LogP contribution is -2.37. The summed E-state index contributed by atoms with van der Waals surface area (Å²) in [4.78, 5) is 18.0. The second kappa shape index (κ2) is 7.41. The number of aliphatic carboxylic acids is 1. The summed E-state index contributed by atoms with van der Waals surface area (Å²) in [6, 6.07) is 3.56. The number of nitrogens with one attached hydrogen (secondary N) is 1. The summed E-state index contributed by atoms with van der Waals surface area (Å²) in [7, 11) is 0. The van der Waals surface area contributed by atoms with Gasteiger partial charge in [-0.05, 0) is 36.8 Å². The average molecular weight is 291 g/mol. The van der Waals surface area contributed by atoms with Crippen molar-refractivity contribution in [2.45, 2.75) is 45.7 Å². The molecule has 0 bridgehead atoms. The van der Waals surface area contributed by atoms with Gasteiger partial charge in [-0.15, -0.1) is 0 Å². The summed E-state index contributed by atoms with van der Waals surface area (Å²) >= 11 is 0. The summed E-state index contributed by atoms with van der Waals surface area (Å²) in [6.45, 7) is 6.77. The van der Waals surface area contributed by atoms with Gasteiger partial charge in [0.15, 0.2) is 0 Å². The number of aromatic nitrogens is 1. The Labute approximate surface area is 126 Å². The van der Waals surface area contributed by atoms with E-state index < -0.39 is 12.0 Å². The average Bonchev–Trinajstić information content (AvgIpc) is 2.97. The van der Waals surface area contributed by atoms with E-state index in [9.17, 15) is 9.90 Å². The van der Waals surface area contributed by atoms with Crippen LogP contribution in [0.15, 0.2) is 18.3 Å². The van der Waals surface area contributed by atoms with Crippen LogP contribution in [0.2, 0.25) is 0 Å². The number of nitrogens with zero attached hydrogens (tertiary/aromatic N) is 2. The lowest BCUT2D eigenvalue weighted by Gasteiger charge is -2.18. The molecule has 1 aliphatic heterocycles. The highest BCUT2D eigenvalue weighted by Crippen LogP contribution is 2.17. The van der Waals surface area contributed by atoms with Gasteiger partial charge in [-0.25, -0.2) is 4.98 Å². The maximum absolute atomic E-state index is 11.2. The first-order valence-electron chi connectivity index (χ1n) is 7.72. The Morgan fingerprint density at radius 3 is 2.62 bits per heavy atom. The first-order chi connectivity index (χ1) is 10.1. The highest BCUT2D eigenvalue weighted by Gasteiger charge is 2.18. The molecule has 0 aromatic carbocycles. The third-order valence-electron chi connectivity index (χ3n) is 3.80. The minimum Gasteiger partial charge on any atom is -0.480 e. The molecule has 1 atom stereocenters. The van der Waals surface area contributed by atoms with Gasteiger partial charge in [-0.3, -0.25) is 4.79 Å². The molecule has 0 spiro atoms. The van der Waals surface area contributed by atoms with Crippen molar-refractivity contribution in [1.29, 1.82) is 0 Å². The number of hydrogen-bond donors (Lipinski definition) is 2.